The summed E-state index contributed by atoms with van der Waals surface area (Å²) in [4.78, 5) is 0. The first-order chi connectivity index (χ1) is 6.47. The molecule has 11 heavy (non-hydrogen) atoms. The lowest BCUT2D eigenvalue weighted by Gasteiger charge is -2.01. The fraction of sp³-hybridized carbons (Fsp3) is 0.700. The molecule has 0 atom stereocenters. The van der Waals surface area contributed by atoms with Gasteiger partial charge in [-0.2, -0.15) is 5.26 Å². The molecule has 0 aliphatic rings. The van der Waals surface area contributed by atoms with Crippen LogP contribution in [-0.2, 0) is 0 Å². The van der Waals surface area contributed by atoms with Crippen molar-refractivity contribution >= 4 is 0 Å². The molecule has 0 aromatic rings. The Labute approximate surface area is 73.9 Å². The largest absolute Gasteiger partial charge is 0.193 e. The predicted molar refractivity (Wildman–Crippen MR) is 48.1 cm³/mol. The molecule has 0 saturated heterocycles. The molecule has 0 aromatic heterocycles. The zero-order chi connectivity index (χ0) is 11.2. The van der Waals surface area contributed by atoms with Crippen LogP contribution in [0.3, 0.4) is 0 Å². The van der Waals surface area contributed by atoms with E-state index in [1.165, 1.54) is 0 Å². The van der Waals surface area contributed by atoms with Crippen LogP contribution >= 0.6 is 0 Å². The number of hydrogen-bond donors (Lipinski definition) is 0. The van der Waals surface area contributed by atoms with E-state index in [2.05, 4.69) is 0 Å². The number of rotatable bonds is 4. The van der Waals surface area contributed by atoms with Crippen LogP contribution in [0.4, 0.5) is 0 Å². The fourth-order valence-electron chi connectivity index (χ4n) is 0.925. The molecule has 0 aliphatic heterocycles. The Bertz CT molecular complexity index is 245. The SMILES string of the molecule is [2H]C([2H])([2H])/C(CCC)=C(/C#N)CCC. The summed E-state index contributed by atoms with van der Waals surface area (Å²) in [5.41, 5.74) is 0.804. The van der Waals surface area contributed by atoms with E-state index in [4.69, 9.17) is 9.37 Å². The van der Waals surface area contributed by atoms with Gasteiger partial charge in [0.1, 0.15) is 0 Å². The van der Waals surface area contributed by atoms with Gasteiger partial charge in [-0.1, -0.05) is 32.3 Å². The summed E-state index contributed by atoms with van der Waals surface area (Å²) < 4.78 is 22.0. The van der Waals surface area contributed by atoms with Crippen LogP contribution in [0.15, 0.2) is 11.1 Å². The van der Waals surface area contributed by atoms with Gasteiger partial charge >= 0.3 is 0 Å². The molecule has 0 aliphatic carbocycles. The van der Waals surface area contributed by atoms with Crippen LogP contribution in [0.1, 0.15) is 50.5 Å². The summed E-state index contributed by atoms with van der Waals surface area (Å²) in [6.45, 7) is 1.77. The lowest BCUT2D eigenvalue weighted by Crippen LogP contribution is -1.85. The summed E-state index contributed by atoms with van der Waals surface area (Å²) in [6, 6.07) is 2.01. The molecule has 62 valence electrons. The van der Waals surface area contributed by atoms with Gasteiger partial charge in [0.25, 0.3) is 0 Å². The number of allylic oxidation sites excluding steroid dienone is 2. The van der Waals surface area contributed by atoms with Crippen molar-refractivity contribution in [3.63, 3.8) is 0 Å². The molecule has 0 unspecified atom stereocenters. The highest BCUT2D eigenvalue weighted by molar-refractivity contribution is 5.26. The third-order valence-corrected chi connectivity index (χ3v) is 1.50. The molecule has 0 aromatic carbocycles. The average molecular weight is 154 g/mol. The summed E-state index contributed by atoms with van der Waals surface area (Å²) in [7, 11) is 0. The fourth-order valence-corrected chi connectivity index (χ4v) is 0.925. The van der Waals surface area contributed by atoms with Gasteiger partial charge in [-0.25, -0.2) is 0 Å². The van der Waals surface area contributed by atoms with Crippen LogP contribution in [0, 0.1) is 11.3 Å². The smallest absolute Gasteiger partial charge is 0.0946 e. The molecule has 0 saturated carbocycles. The minimum atomic E-state index is -2.10. The molecule has 0 amide bonds. The summed E-state index contributed by atoms with van der Waals surface area (Å²) in [5, 5.41) is 8.86. The molecule has 0 fully saturated rings. The van der Waals surface area contributed by atoms with Gasteiger partial charge in [0.05, 0.1) is 6.07 Å². The Morgan fingerprint density at radius 1 is 1.36 bits per heavy atom. The van der Waals surface area contributed by atoms with Crippen LogP contribution < -0.4 is 0 Å². The minimum Gasteiger partial charge on any atom is -0.193 e. The van der Waals surface area contributed by atoms with Crippen molar-refractivity contribution in [1.82, 2.24) is 0 Å². The monoisotopic (exact) mass is 154 g/mol. The van der Waals surface area contributed by atoms with E-state index < -0.39 is 6.85 Å². The van der Waals surface area contributed by atoms with E-state index in [0.29, 0.717) is 24.0 Å². The Balaban J connectivity index is 5.01. The zero-order valence-electron chi connectivity index (χ0n) is 10.3. The van der Waals surface area contributed by atoms with Crippen LogP contribution in [-0.4, -0.2) is 0 Å². The molecule has 0 rings (SSSR count). The maximum absolute atomic E-state index is 8.86. The van der Waals surface area contributed by atoms with Crippen molar-refractivity contribution in [3.05, 3.63) is 11.1 Å². The van der Waals surface area contributed by atoms with Crippen molar-refractivity contribution in [2.75, 3.05) is 0 Å². The quantitative estimate of drug-likeness (QED) is 0.569. The molecule has 0 N–H and O–H groups in total. The van der Waals surface area contributed by atoms with E-state index in [1.807, 2.05) is 19.9 Å². The Morgan fingerprint density at radius 2 is 2.00 bits per heavy atom. The van der Waals surface area contributed by atoms with Crippen molar-refractivity contribution in [2.45, 2.75) is 46.4 Å². The third-order valence-electron chi connectivity index (χ3n) is 1.50. The third kappa shape index (κ3) is 3.83. The van der Waals surface area contributed by atoms with E-state index in [0.717, 1.165) is 12.8 Å². The second-order valence-corrected chi connectivity index (χ2v) is 2.57. The molecule has 1 heteroatoms. The Kier molecular flexibility index (Phi) is 3.16. The normalized spacial score (nSPS) is 17.4. The average Bonchev–Trinajstić information content (AvgIpc) is 2.09. The maximum atomic E-state index is 8.86. The molecule has 0 radical (unpaired) electrons. The van der Waals surface area contributed by atoms with E-state index >= 15 is 0 Å². The molecular weight excluding hydrogens is 134 g/mol. The van der Waals surface area contributed by atoms with Gasteiger partial charge < -0.3 is 0 Å². The number of hydrogen-bond acceptors (Lipinski definition) is 1. The lowest BCUT2D eigenvalue weighted by molar-refractivity contribution is 0.855. The van der Waals surface area contributed by atoms with Gasteiger partial charge in [0, 0.05) is 9.69 Å². The highest BCUT2D eigenvalue weighted by Crippen LogP contribution is 2.14. The van der Waals surface area contributed by atoms with Crippen molar-refractivity contribution in [2.24, 2.45) is 0 Å². The molecule has 0 spiro atoms. The van der Waals surface area contributed by atoms with Crippen molar-refractivity contribution < 1.29 is 4.11 Å². The van der Waals surface area contributed by atoms with Gasteiger partial charge in [-0.3, -0.25) is 0 Å². The number of nitrogens with zero attached hydrogens (tertiary/aromatic N) is 1. The van der Waals surface area contributed by atoms with Crippen molar-refractivity contribution in [3.8, 4) is 6.07 Å². The highest BCUT2D eigenvalue weighted by atomic mass is 14.2. The summed E-state index contributed by atoms with van der Waals surface area (Å²) in [5.74, 6) is 0. The first kappa shape index (κ1) is 5.83. The van der Waals surface area contributed by atoms with E-state index in [9.17, 15) is 0 Å². The second kappa shape index (κ2) is 5.97. The van der Waals surface area contributed by atoms with Gasteiger partial charge in [0.15, 0.2) is 0 Å². The highest BCUT2D eigenvalue weighted by Gasteiger charge is 1.98. The summed E-state index contributed by atoms with van der Waals surface area (Å²) >= 11 is 0. The van der Waals surface area contributed by atoms with Crippen molar-refractivity contribution in [1.29, 1.82) is 5.26 Å². The maximum Gasteiger partial charge on any atom is 0.0946 e. The van der Waals surface area contributed by atoms with E-state index in [1.54, 1.807) is 0 Å². The van der Waals surface area contributed by atoms with Crippen LogP contribution in [0.25, 0.3) is 0 Å². The van der Waals surface area contributed by atoms with Gasteiger partial charge in [-0.15, -0.1) is 0 Å². The van der Waals surface area contributed by atoms with Crippen LogP contribution in [0.5, 0.6) is 0 Å². The summed E-state index contributed by atoms with van der Waals surface area (Å²) in [6.07, 6.45) is 2.65. The predicted octanol–water partition coefficient (Wildman–Crippen LogP) is 3.43. The Hall–Kier alpha value is -0.770. The second-order valence-electron chi connectivity index (χ2n) is 2.57. The standard InChI is InChI=1S/C10H17N/c1-4-6-9(3)10(8-11)7-5-2/h4-7H2,1-3H3/b10-9-/i3D3. The first-order valence-electron chi connectivity index (χ1n) is 5.59. The molecule has 0 bridgehead atoms. The molecule has 0 heterocycles. The lowest BCUT2D eigenvalue weighted by atomic mass is 10.0. The first-order valence-corrected chi connectivity index (χ1v) is 4.09. The van der Waals surface area contributed by atoms with Crippen LogP contribution in [0.2, 0.25) is 0 Å². The minimum absolute atomic E-state index is 0.351. The zero-order valence-corrected chi connectivity index (χ0v) is 7.28. The molecule has 1 nitrogen and oxygen atoms in total. The van der Waals surface area contributed by atoms with Gasteiger partial charge in [-0.05, 0) is 19.7 Å². The topological polar surface area (TPSA) is 23.8 Å². The van der Waals surface area contributed by atoms with Gasteiger partial charge in [0.2, 0.25) is 0 Å². The van der Waals surface area contributed by atoms with E-state index in [-0.39, 0.29) is 0 Å². The Morgan fingerprint density at radius 3 is 2.36 bits per heavy atom. The number of nitriles is 1. The molecular formula is C10H17N.